The SMILES string of the molecule is COc1cc2c(cc1C(=O)O)[C@H](Nc1nccc(C)n1)[C@@H](C)[C@H](C1CC1)N2C(C)=O. The second-order valence-corrected chi connectivity index (χ2v) is 8.14. The van der Waals surface area contributed by atoms with Gasteiger partial charge in [-0.1, -0.05) is 6.92 Å². The number of aryl methyl sites for hydroxylation is 1. The van der Waals surface area contributed by atoms with Gasteiger partial charge in [0, 0.05) is 36.8 Å². The maximum Gasteiger partial charge on any atom is 0.339 e. The molecule has 1 saturated carbocycles. The second kappa shape index (κ2) is 7.59. The van der Waals surface area contributed by atoms with Crippen molar-refractivity contribution >= 4 is 23.5 Å². The molecule has 2 heterocycles. The highest BCUT2D eigenvalue weighted by atomic mass is 16.5. The molecule has 1 amide bonds. The van der Waals surface area contributed by atoms with E-state index in [1.54, 1.807) is 25.3 Å². The molecule has 4 rings (SSSR count). The number of hydrogen-bond donors (Lipinski definition) is 2. The summed E-state index contributed by atoms with van der Waals surface area (Å²) in [4.78, 5) is 35.2. The third-order valence-corrected chi connectivity index (χ3v) is 6.06. The Hall–Kier alpha value is -3.16. The van der Waals surface area contributed by atoms with E-state index in [1.807, 2.05) is 17.9 Å². The van der Waals surface area contributed by atoms with Crippen molar-refractivity contribution in [3.63, 3.8) is 0 Å². The van der Waals surface area contributed by atoms with E-state index < -0.39 is 5.97 Å². The first-order valence-electron chi connectivity index (χ1n) is 10.1. The van der Waals surface area contributed by atoms with Crippen LogP contribution in [0.5, 0.6) is 5.75 Å². The third kappa shape index (κ3) is 3.46. The van der Waals surface area contributed by atoms with Crippen molar-refractivity contribution in [3.05, 3.63) is 41.2 Å². The lowest BCUT2D eigenvalue weighted by Gasteiger charge is -2.45. The lowest BCUT2D eigenvalue weighted by atomic mass is 9.79. The maximum absolute atomic E-state index is 12.7. The van der Waals surface area contributed by atoms with E-state index in [-0.39, 0.29) is 35.2 Å². The van der Waals surface area contributed by atoms with Crippen molar-refractivity contribution < 1.29 is 19.4 Å². The quantitative estimate of drug-likeness (QED) is 0.778. The number of carbonyl (C=O) groups excluding carboxylic acids is 1. The zero-order valence-corrected chi connectivity index (χ0v) is 17.5. The molecule has 1 aromatic heterocycles. The molecule has 2 aliphatic rings. The number of ether oxygens (including phenoxy) is 1. The predicted molar refractivity (Wildman–Crippen MR) is 112 cm³/mol. The molecule has 8 nitrogen and oxygen atoms in total. The average molecular weight is 410 g/mol. The van der Waals surface area contributed by atoms with Crippen LogP contribution in [0, 0.1) is 18.8 Å². The molecule has 1 aliphatic carbocycles. The Morgan fingerprint density at radius 1 is 1.30 bits per heavy atom. The number of aromatic carboxylic acids is 1. The Bertz CT molecular complexity index is 1000. The molecule has 0 radical (unpaired) electrons. The van der Waals surface area contributed by atoms with Crippen LogP contribution in [0.15, 0.2) is 24.4 Å². The van der Waals surface area contributed by atoms with E-state index in [0.29, 0.717) is 17.6 Å². The van der Waals surface area contributed by atoms with Gasteiger partial charge in [0.2, 0.25) is 11.9 Å². The number of carboxylic acids is 1. The molecular weight excluding hydrogens is 384 g/mol. The molecule has 0 saturated heterocycles. The Kier molecular flexibility index (Phi) is 5.09. The molecule has 1 aliphatic heterocycles. The summed E-state index contributed by atoms with van der Waals surface area (Å²) in [5.74, 6) is 0.0402. The molecule has 1 fully saturated rings. The van der Waals surface area contributed by atoms with Gasteiger partial charge >= 0.3 is 5.97 Å². The van der Waals surface area contributed by atoms with Crippen LogP contribution in [0.25, 0.3) is 0 Å². The fourth-order valence-electron chi connectivity index (χ4n) is 4.58. The normalized spacial score (nSPS) is 22.9. The van der Waals surface area contributed by atoms with Crippen molar-refractivity contribution in [3.8, 4) is 5.75 Å². The lowest BCUT2D eigenvalue weighted by Crippen LogP contribution is -2.51. The Balaban J connectivity index is 1.89. The van der Waals surface area contributed by atoms with Gasteiger partial charge in [-0.3, -0.25) is 4.79 Å². The number of carboxylic acid groups (broad SMARTS) is 1. The van der Waals surface area contributed by atoms with Crippen LogP contribution in [-0.2, 0) is 4.79 Å². The first-order valence-corrected chi connectivity index (χ1v) is 10.1. The highest BCUT2D eigenvalue weighted by molar-refractivity contribution is 5.97. The minimum Gasteiger partial charge on any atom is -0.496 e. The number of rotatable bonds is 5. The summed E-state index contributed by atoms with van der Waals surface area (Å²) in [5.41, 5.74) is 2.32. The number of carbonyl (C=O) groups is 2. The summed E-state index contributed by atoms with van der Waals surface area (Å²) in [5, 5.41) is 13.1. The van der Waals surface area contributed by atoms with Crippen LogP contribution in [0.2, 0.25) is 0 Å². The predicted octanol–water partition coefficient (Wildman–Crippen LogP) is 3.43. The molecule has 0 unspecified atom stereocenters. The van der Waals surface area contributed by atoms with E-state index >= 15 is 0 Å². The standard InChI is InChI=1S/C22H26N4O4/c1-11-7-8-23-22(24-11)25-19-12(2)20(14-5-6-14)26(13(3)27)17-10-18(30-4)16(21(28)29)9-15(17)19/h7-10,12,14,19-20H,5-6H2,1-4H3,(H,28,29)(H,23,24,25)/t12-,19-,20-/m1/s1. The summed E-state index contributed by atoms with van der Waals surface area (Å²) in [7, 11) is 1.44. The summed E-state index contributed by atoms with van der Waals surface area (Å²) >= 11 is 0. The molecular formula is C22H26N4O4. The van der Waals surface area contributed by atoms with Crippen molar-refractivity contribution in [1.29, 1.82) is 0 Å². The minimum absolute atomic E-state index is 0.0118. The molecule has 1 aromatic carbocycles. The van der Waals surface area contributed by atoms with Crippen molar-refractivity contribution in [1.82, 2.24) is 9.97 Å². The fourth-order valence-corrected chi connectivity index (χ4v) is 4.58. The summed E-state index contributed by atoms with van der Waals surface area (Å²) in [6.07, 6.45) is 3.84. The Morgan fingerprint density at radius 2 is 2.03 bits per heavy atom. The summed E-state index contributed by atoms with van der Waals surface area (Å²) < 4.78 is 5.34. The number of methoxy groups -OCH3 is 1. The lowest BCUT2D eigenvalue weighted by molar-refractivity contribution is -0.117. The van der Waals surface area contributed by atoms with Crippen LogP contribution in [0.3, 0.4) is 0 Å². The van der Waals surface area contributed by atoms with Crippen molar-refractivity contribution in [2.75, 3.05) is 17.3 Å². The number of nitrogens with one attached hydrogen (secondary N) is 1. The van der Waals surface area contributed by atoms with Gasteiger partial charge in [0.1, 0.15) is 11.3 Å². The number of hydrogen-bond acceptors (Lipinski definition) is 6. The topological polar surface area (TPSA) is 105 Å². The first kappa shape index (κ1) is 20.1. The van der Waals surface area contributed by atoms with E-state index in [2.05, 4.69) is 22.2 Å². The molecule has 3 atom stereocenters. The monoisotopic (exact) mass is 410 g/mol. The zero-order chi connectivity index (χ0) is 21.6. The van der Waals surface area contributed by atoms with Crippen LogP contribution < -0.4 is 15.0 Å². The summed E-state index contributed by atoms with van der Waals surface area (Å²) in [6, 6.07) is 4.87. The number of benzene rings is 1. The highest BCUT2D eigenvalue weighted by Gasteiger charge is 2.48. The molecule has 2 N–H and O–H groups in total. The van der Waals surface area contributed by atoms with Gasteiger partial charge in [0.25, 0.3) is 0 Å². The largest absolute Gasteiger partial charge is 0.496 e. The van der Waals surface area contributed by atoms with Crippen LogP contribution >= 0.6 is 0 Å². The molecule has 0 bridgehead atoms. The Labute approximate surface area is 175 Å². The van der Waals surface area contributed by atoms with Crippen LogP contribution in [-0.4, -0.2) is 40.1 Å². The molecule has 30 heavy (non-hydrogen) atoms. The fraction of sp³-hybridized carbons (Fsp3) is 0.455. The zero-order valence-electron chi connectivity index (χ0n) is 17.5. The number of anilines is 2. The number of fused-ring (bicyclic) bond motifs is 1. The number of amides is 1. The molecule has 0 spiro atoms. The van der Waals surface area contributed by atoms with Gasteiger partial charge in [-0.25, -0.2) is 14.8 Å². The molecule has 158 valence electrons. The summed E-state index contributed by atoms with van der Waals surface area (Å²) in [6.45, 7) is 5.55. The van der Waals surface area contributed by atoms with Gasteiger partial charge in [0.15, 0.2) is 0 Å². The van der Waals surface area contributed by atoms with Crippen LogP contribution in [0.1, 0.15) is 54.3 Å². The van der Waals surface area contributed by atoms with E-state index in [0.717, 1.165) is 24.1 Å². The Morgan fingerprint density at radius 3 is 2.60 bits per heavy atom. The van der Waals surface area contributed by atoms with Gasteiger partial charge < -0.3 is 20.1 Å². The highest BCUT2D eigenvalue weighted by Crippen LogP contribution is 2.51. The van der Waals surface area contributed by atoms with E-state index in [4.69, 9.17) is 4.74 Å². The minimum atomic E-state index is -1.08. The maximum atomic E-state index is 12.7. The average Bonchev–Trinajstić information content (AvgIpc) is 3.53. The van der Waals surface area contributed by atoms with Crippen LogP contribution in [0.4, 0.5) is 11.6 Å². The molecule has 8 heteroatoms. The van der Waals surface area contributed by atoms with Gasteiger partial charge in [0.05, 0.1) is 18.8 Å². The number of aromatic nitrogens is 2. The number of nitrogens with zero attached hydrogens (tertiary/aromatic N) is 3. The smallest absolute Gasteiger partial charge is 0.339 e. The molecule has 2 aromatic rings. The van der Waals surface area contributed by atoms with Gasteiger partial charge in [-0.15, -0.1) is 0 Å². The van der Waals surface area contributed by atoms with Crippen molar-refractivity contribution in [2.45, 2.75) is 45.7 Å². The van der Waals surface area contributed by atoms with E-state index in [9.17, 15) is 14.7 Å². The van der Waals surface area contributed by atoms with Gasteiger partial charge in [-0.2, -0.15) is 0 Å². The third-order valence-electron chi connectivity index (χ3n) is 6.06. The van der Waals surface area contributed by atoms with Crippen molar-refractivity contribution in [2.24, 2.45) is 11.8 Å². The van der Waals surface area contributed by atoms with Gasteiger partial charge in [-0.05, 0) is 43.4 Å². The second-order valence-electron chi connectivity index (χ2n) is 8.14. The first-order chi connectivity index (χ1) is 14.3. The van der Waals surface area contributed by atoms with E-state index in [1.165, 1.54) is 7.11 Å².